The molecule has 1 atom stereocenters. The first-order chi connectivity index (χ1) is 17.0. The molecule has 0 spiro atoms. The quantitative estimate of drug-likeness (QED) is 0.264. The van der Waals surface area contributed by atoms with Gasteiger partial charge in [-0.15, -0.1) is 0 Å². The van der Waals surface area contributed by atoms with Crippen LogP contribution in [0.25, 0.3) is 0 Å². The molecule has 0 aromatic heterocycles. The number of anilines is 1. The Kier molecular flexibility index (Phi) is 9.43. The molecule has 3 rings (SSSR count). The van der Waals surface area contributed by atoms with Crippen molar-refractivity contribution < 1.29 is 33.3 Å². The zero-order valence-electron chi connectivity index (χ0n) is 19.5. The highest BCUT2D eigenvalue weighted by molar-refractivity contribution is 6.35. The van der Waals surface area contributed by atoms with Crippen molar-refractivity contribution in [2.45, 2.75) is 18.9 Å². The highest BCUT2D eigenvalue weighted by Gasteiger charge is 2.19. The summed E-state index contributed by atoms with van der Waals surface area (Å²) in [5.74, 6) is -0.823. The number of ether oxygens (including phenoxy) is 4. The number of carbonyl (C=O) groups is 3. The number of amides is 3. The molecule has 1 aliphatic rings. The number of methoxy groups -OCH3 is 2. The molecule has 0 bridgehead atoms. The van der Waals surface area contributed by atoms with Gasteiger partial charge in [-0.25, -0.2) is 5.43 Å². The van der Waals surface area contributed by atoms with Crippen molar-refractivity contribution >= 4 is 29.6 Å². The molecule has 0 radical (unpaired) electrons. The second kappa shape index (κ2) is 12.9. The van der Waals surface area contributed by atoms with Gasteiger partial charge >= 0.3 is 11.8 Å². The van der Waals surface area contributed by atoms with E-state index in [2.05, 4.69) is 21.2 Å². The second-order valence-corrected chi connectivity index (χ2v) is 7.49. The summed E-state index contributed by atoms with van der Waals surface area (Å²) >= 11 is 0. The summed E-state index contributed by atoms with van der Waals surface area (Å²) < 4.78 is 21.5. The number of hydrazone groups is 1. The zero-order chi connectivity index (χ0) is 25.0. The van der Waals surface area contributed by atoms with E-state index in [1.807, 2.05) is 0 Å². The number of nitrogens with zero attached hydrogens (tertiary/aromatic N) is 1. The molecule has 35 heavy (non-hydrogen) atoms. The fourth-order valence-electron chi connectivity index (χ4n) is 3.26. The smallest absolute Gasteiger partial charge is 0.329 e. The third-order valence-electron chi connectivity index (χ3n) is 5.04. The third-order valence-corrected chi connectivity index (χ3v) is 5.04. The zero-order valence-corrected chi connectivity index (χ0v) is 19.5. The first kappa shape index (κ1) is 25.5. The number of para-hydroxylation sites is 1. The van der Waals surface area contributed by atoms with Crippen molar-refractivity contribution in [2.24, 2.45) is 5.10 Å². The molecule has 1 saturated heterocycles. The van der Waals surface area contributed by atoms with Gasteiger partial charge in [0, 0.05) is 24.4 Å². The lowest BCUT2D eigenvalue weighted by Gasteiger charge is -2.13. The van der Waals surface area contributed by atoms with E-state index in [1.165, 1.54) is 13.3 Å². The van der Waals surface area contributed by atoms with Crippen LogP contribution in [-0.2, 0) is 19.1 Å². The minimum absolute atomic E-state index is 0.0753. The maximum atomic E-state index is 12.3. The number of benzene rings is 2. The number of carbonyl (C=O) groups excluding carboxylic acids is 3. The summed E-state index contributed by atoms with van der Waals surface area (Å²) in [6.07, 6.45) is 3.00. The largest absolute Gasteiger partial charge is 0.497 e. The molecule has 1 heterocycles. The third kappa shape index (κ3) is 7.71. The van der Waals surface area contributed by atoms with Crippen LogP contribution in [0, 0.1) is 0 Å². The molecule has 11 nitrogen and oxygen atoms in total. The van der Waals surface area contributed by atoms with E-state index in [-0.39, 0.29) is 30.9 Å². The van der Waals surface area contributed by atoms with Crippen molar-refractivity contribution in [3.8, 4) is 17.2 Å². The fourth-order valence-corrected chi connectivity index (χ4v) is 3.26. The van der Waals surface area contributed by atoms with Crippen molar-refractivity contribution in [3.63, 3.8) is 0 Å². The first-order valence-electron chi connectivity index (χ1n) is 11.0. The standard InChI is InChI=1S/C24H28N4O7/c1-32-18-10-8-17(9-11-18)27-21(29)15-35-22-16(5-3-7-20(22)33-2)13-26-28-24(31)23(30)25-14-19-6-4-12-34-19/h3,5,7-11,13,19H,4,6,12,14-15H2,1-2H3,(H,25,30)(H,27,29)(H,28,31)/b26-13-/t19-/m1/s1. The van der Waals surface area contributed by atoms with Crippen molar-refractivity contribution in [3.05, 3.63) is 48.0 Å². The Morgan fingerprint density at radius 3 is 2.57 bits per heavy atom. The number of hydrogen-bond acceptors (Lipinski definition) is 8. The Bertz CT molecular complexity index is 1050. The molecule has 0 saturated carbocycles. The van der Waals surface area contributed by atoms with E-state index in [0.717, 1.165) is 12.8 Å². The van der Waals surface area contributed by atoms with Crippen molar-refractivity contribution in [2.75, 3.05) is 39.3 Å². The highest BCUT2D eigenvalue weighted by Crippen LogP contribution is 2.30. The van der Waals surface area contributed by atoms with Gasteiger partial charge in [-0.1, -0.05) is 6.07 Å². The topological polar surface area (TPSA) is 137 Å². The number of hydrogen-bond donors (Lipinski definition) is 3. The predicted molar refractivity (Wildman–Crippen MR) is 128 cm³/mol. The lowest BCUT2D eigenvalue weighted by Crippen LogP contribution is -2.41. The van der Waals surface area contributed by atoms with Crippen molar-refractivity contribution in [1.82, 2.24) is 10.7 Å². The summed E-state index contributed by atoms with van der Waals surface area (Å²) in [6.45, 7) is 0.624. The van der Waals surface area contributed by atoms with E-state index in [4.69, 9.17) is 18.9 Å². The second-order valence-electron chi connectivity index (χ2n) is 7.49. The van der Waals surface area contributed by atoms with E-state index >= 15 is 0 Å². The molecular weight excluding hydrogens is 456 g/mol. The molecule has 2 aromatic carbocycles. The molecule has 1 fully saturated rings. The van der Waals surface area contributed by atoms with Gasteiger partial charge in [-0.2, -0.15) is 5.10 Å². The predicted octanol–water partition coefficient (Wildman–Crippen LogP) is 1.47. The van der Waals surface area contributed by atoms with E-state index in [0.29, 0.717) is 29.4 Å². The number of rotatable bonds is 10. The minimum Gasteiger partial charge on any atom is -0.497 e. The van der Waals surface area contributed by atoms with Crippen LogP contribution in [0.15, 0.2) is 47.6 Å². The molecule has 2 aromatic rings. The molecule has 3 amide bonds. The Hall–Kier alpha value is -4.12. The van der Waals surface area contributed by atoms with Crippen LogP contribution in [0.3, 0.4) is 0 Å². The first-order valence-corrected chi connectivity index (χ1v) is 11.0. The summed E-state index contributed by atoms with van der Waals surface area (Å²) in [6, 6.07) is 11.9. The fraction of sp³-hybridized carbons (Fsp3) is 0.333. The molecular formula is C24H28N4O7. The highest BCUT2D eigenvalue weighted by atomic mass is 16.5. The van der Waals surface area contributed by atoms with Gasteiger partial charge in [0.1, 0.15) is 5.75 Å². The molecule has 11 heteroatoms. The Morgan fingerprint density at radius 2 is 1.89 bits per heavy atom. The van der Waals surface area contributed by atoms with Gasteiger partial charge < -0.3 is 29.6 Å². The Morgan fingerprint density at radius 1 is 1.09 bits per heavy atom. The van der Waals surface area contributed by atoms with Gasteiger partial charge in [0.25, 0.3) is 5.91 Å². The maximum absolute atomic E-state index is 12.3. The Labute approximate surface area is 202 Å². The van der Waals surface area contributed by atoms with E-state index < -0.39 is 11.8 Å². The van der Waals surface area contributed by atoms with Crippen LogP contribution in [0.4, 0.5) is 5.69 Å². The van der Waals surface area contributed by atoms with Gasteiger partial charge in [-0.05, 0) is 49.2 Å². The monoisotopic (exact) mass is 484 g/mol. The molecule has 1 aliphatic heterocycles. The maximum Gasteiger partial charge on any atom is 0.329 e. The van der Waals surface area contributed by atoms with Gasteiger partial charge in [0.15, 0.2) is 18.1 Å². The van der Waals surface area contributed by atoms with Crippen LogP contribution in [-0.4, -0.2) is 64.0 Å². The average Bonchev–Trinajstić information content (AvgIpc) is 3.40. The SMILES string of the molecule is COc1ccc(NC(=O)COc2c(/C=N\NC(=O)C(=O)NC[C@H]3CCCO3)cccc2OC)cc1. The normalized spacial score (nSPS) is 14.9. The summed E-state index contributed by atoms with van der Waals surface area (Å²) in [5.41, 5.74) is 3.19. The van der Waals surface area contributed by atoms with Crippen LogP contribution in [0.1, 0.15) is 18.4 Å². The van der Waals surface area contributed by atoms with Crippen LogP contribution < -0.4 is 30.3 Å². The van der Waals surface area contributed by atoms with Crippen LogP contribution in [0.2, 0.25) is 0 Å². The minimum atomic E-state index is -0.913. The van der Waals surface area contributed by atoms with Gasteiger partial charge in [-0.3, -0.25) is 14.4 Å². The number of nitrogens with one attached hydrogen (secondary N) is 3. The van der Waals surface area contributed by atoms with Crippen LogP contribution >= 0.6 is 0 Å². The van der Waals surface area contributed by atoms with Gasteiger partial charge in [0.2, 0.25) is 0 Å². The molecule has 3 N–H and O–H groups in total. The summed E-state index contributed by atoms with van der Waals surface area (Å²) in [7, 11) is 3.02. The average molecular weight is 485 g/mol. The summed E-state index contributed by atoms with van der Waals surface area (Å²) in [5, 5.41) is 9.06. The Balaban J connectivity index is 1.55. The van der Waals surface area contributed by atoms with Crippen LogP contribution in [0.5, 0.6) is 17.2 Å². The lowest BCUT2D eigenvalue weighted by molar-refractivity contribution is -0.139. The molecule has 0 aliphatic carbocycles. The van der Waals surface area contributed by atoms with E-state index in [1.54, 1.807) is 49.6 Å². The van der Waals surface area contributed by atoms with Gasteiger partial charge in [0.05, 0.1) is 26.5 Å². The lowest BCUT2D eigenvalue weighted by atomic mass is 10.2. The molecule has 0 unspecified atom stereocenters. The summed E-state index contributed by atoms with van der Waals surface area (Å²) in [4.78, 5) is 36.2. The van der Waals surface area contributed by atoms with E-state index in [9.17, 15) is 14.4 Å². The van der Waals surface area contributed by atoms with Crippen molar-refractivity contribution in [1.29, 1.82) is 0 Å². The molecule has 186 valence electrons.